The topological polar surface area (TPSA) is 89.1 Å². The third kappa shape index (κ3) is 6.64. The second-order valence-corrected chi connectivity index (χ2v) is 10.8. The molecule has 36 heavy (non-hydrogen) atoms. The van der Waals surface area contributed by atoms with Crippen LogP contribution in [0.4, 0.5) is 0 Å². The summed E-state index contributed by atoms with van der Waals surface area (Å²) in [7, 11) is 4.62. The van der Waals surface area contributed by atoms with E-state index in [2.05, 4.69) is 15.5 Å². The molecule has 2 bridgehead atoms. The van der Waals surface area contributed by atoms with Gasteiger partial charge in [-0.15, -0.1) is 0 Å². The van der Waals surface area contributed by atoms with Crippen molar-refractivity contribution in [3.8, 4) is 17.2 Å². The summed E-state index contributed by atoms with van der Waals surface area (Å²) in [6, 6.07) is 3.30. The lowest BCUT2D eigenvalue weighted by Crippen LogP contribution is -2.40. The summed E-state index contributed by atoms with van der Waals surface area (Å²) in [4.78, 5) is 28.2. The van der Waals surface area contributed by atoms with Crippen LogP contribution >= 0.6 is 0 Å². The van der Waals surface area contributed by atoms with Gasteiger partial charge >= 0.3 is 0 Å². The van der Waals surface area contributed by atoms with E-state index in [9.17, 15) is 9.59 Å². The Kier molecular flexibility index (Phi) is 9.35. The lowest BCUT2D eigenvalue weighted by molar-refractivity contribution is -0.126. The van der Waals surface area contributed by atoms with Gasteiger partial charge in [-0.2, -0.15) is 0 Å². The molecule has 4 aliphatic rings. The summed E-state index contributed by atoms with van der Waals surface area (Å²) >= 11 is 0. The van der Waals surface area contributed by atoms with Crippen LogP contribution in [0.1, 0.15) is 61.7 Å². The zero-order valence-corrected chi connectivity index (χ0v) is 22.1. The van der Waals surface area contributed by atoms with Crippen LogP contribution in [0.5, 0.6) is 17.2 Å². The Balaban J connectivity index is 1.17. The van der Waals surface area contributed by atoms with Crippen molar-refractivity contribution in [2.45, 2.75) is 51.4 Å². The van der Waals surface area contributed by atoms with Crippen LogP contribution in [0.15, 0.2) is 12.1 Å². The Morgan fingerprint density at radius 2 is 1.39 bits per heavy atom. The number of rotatable bonds is 10. The molecule has 2 aliphatic carbocycles. The number of nitrogens with zero attached hydrogens (tertiary/aromatic N) is 1. The van der Waals surface area contributed by atoms with E-state index < -0.39 is 0 Å². The molecule has 2 aliphatic heterocycles. The molecular weight excluding hydrogens is 458 g/mol. The van der Waals surface area contributed by atoms with Crippen molar-refractivity contribution in [2.24, 2.45) is 23.7 Å². The van der Waals surface area contributed by atoms with Crippen molar-refractivity contribution in [1.29, 1.82) is 0 Å². The molecule has 8 nitrogen and oxygen atoms in total. The number of benzene rings is 1. The van der Waals surface area contributed by atoms with Crippen molar-refractivity contribution in [3.05, 3.63) is 17.7 Å². The lowest BCUT2D eigenvalue weighted by atomic mass is 9.81. The highest BCUT2D eigenvalue weighted by molar-refractivity contribution is 5.97. The second-order valence-electron chi connectivity index (χ2n) is 10.8. The van der Waals surface area contributed by atoms with Crippen LogP contribution in [-0.4, -0.2) is 70.8 Å². The first-order chi connectivity index (χ1) is 17.5. The molecular formula is C28H43N3O5. The maximum absolute atomic E-state index is 12.9. The van der Waals surface area contributed by atoms with Crippen LogP contribution in [-0.2, 0) is 4.79 Å². The minimum Gasteiger partial charge on any atom is -0.496 e. The molecule has 0 aromatic heterocycles. The van der Waals surface area contributed by atoms with E-state index in [-0.39, 0.29) is 17.7 Å². The fourth-order valence-corrected chi connectivity index (χ4v) is 6.23. The highest BCUT2D eigenvalue weighted by Crippen LogP contribution is 2.35. The van der Waals surface area contributed by atoms with E-state index in [0.29, 0.717) is 35.3 Å². The van der Waals surface area contributed by atoms with Crippen LogP contribution in [0.2, 0.25) is 0 Å². The number of carbonyl (C=O) groups excluding carboxylic acids is 2. The number of fused-ring (bicyclic) bond motifs is 4. The smallest absolute Gasteiger partial charge is 0.255 e. The molecule has 2 saturated carbocycles. The summed E-state index contributed by atoms with van der Waals surface area (Å²) in [5.74, 6) is 3.63. The quantitative estimate of drug-likeness (QED) is 0.510. The van der Waals surface area contributed by atoms with Gasteiger partial charge in [0.2, 0.25) is 5.91 Å². The van der Waals surface area contributed by atoms with Gasteiger partial charge in [-0.1, -0.05) is 0 Å². The largest absolute Gasteiger partial charge is 0.496 e. The van der Waals surface area contributed by atoms with Crippen molar-refractivity contribution in [3.63, 3.8) is 0 Å². The normalized spacial score (nSPS) is 26.1. The van der Waals surface area contributed by atoms with Crippen LogP contribution < -0.4 is 24.8 Å². The number of nitrogens with one attached hydrogen (secondary N) is 2. The minimum atomic E-state index is -0.199. The highest BCUT2D eigenvalue weighted by atomic mass is 16.5. The summed E-state index contributed by atoms with van der Waals surface area (Å²) in [6.07, 6.45) is 9.18. The molecule has 0 unspecified atom stereocenters. The number of hydrogen-bond acceptors (Lipinski definition) is 6. The molecule has 1 aromatic carbocycles. The Bertz CT molecular complexity index is 877. The lowest BCUT2D eigenvalue weighted by Gasteiger charge is -2.28. The number of amides is 2. The molecule has 2 saturated heterocycles. The van der Waals surface area contributed by atoms with Crippen LogP contribution in [0, 0.1) is 23.7 Å². The Morgan fingerprint density at radius 1 is 0.806 bits per heavy atom. The van der Waals surface area contributed by atoms with E-state index in [0.717, 1.165) is 50.6 Å². The fourth-order valence-electron chi connectivity index (χ4n) is 6.23. The molecule has 200 valence electrons. The van der Waals surface area contributed by atoms with Crippen LogP contribution in [0.25, 0.3) is 0 Å². The summed E-state index contributed by atoms with van der Waals surface area (Å²) in [5, 5.41) is 6.25. The number of hydrogen-bond donors (Lipinski definition) is 2. The molecule has 8 heteroatoms. The third-order valence-corrected chi connectivity index (χ3v) is 8.45. The molecule has 2 amide bonds. The van der Waals surface area contributed by atoms with Gasteiger partial charge in [-0.05, 0) is 69.1 Å². The molecule has 0 spiro atoms. The van der Waals surface area contributed by atoms with Gasteiger partial charge in [-0.25, -0.2) is 0 Å². The van der Waals surface area contributed by atoms with E-state index >= 15 is 0 Å². The summed E-state index contributed by atoms with van der Waals surface area (Å²) in [6.45, 7) is 4.72. The second kappa shape index (κ2) is 12.7. The molecule has 2 N–H and O–H groups in total. The van der Waals surface area contributed by atoms with Gasteiger partial charge in [-0.3, -0.25) is 9.59 Å². The molecule has 0 radical (unpaired) electrons. The first kappa shape index (κ1) is 26.6. The number of methoxy groups -OCH3 is 3. The SMILES string of the molecule is COc1cc(OC)c(C(=O)NCC2CCC(C(=O)NCCN3CC4CCC(CC4)C3)CC2)cc1OC. The van der Waals surface area contributed by atoms with Gasteiger partial charge < -0.3 is 29.7 Å². The summed E-state index contributed by atoms with van der Waals surface area (Å²) < 4.78 is 16.0. The van der Waals surface area contributed by atoms with E-state index in [1.165, 1.54) is 45.9 Å². The standard InChI is InChI=1S/C28H43N3O5/c1-34-24-15-26(36-3)25(35-2)14-23(24)28(33)30-16-19-8-10-22(11-9-19)27(32)29-12-13-31-17-20-4-5-21(18-31)7-6-20/h14-15,19-22H,4-13,16-18H2,1-3H3,(H,29,32)(H,30,33). The van der Waals surface area contributed by atoms with Crippen molar-refractivity contribution < 1.29 is 23.8 Å². The van der Waals surface area contributed by atoms with Crippen LogP contribution in [0.3, 0.4) is 0 Å². The van der Waals surface area contributed by atoms with Crippen molar-refractivity contribution in [1.82, 2.24) is 15.5 Å². The Morgan fingerprint density at radius 3 is 1.97 bits per heavy atom. The zero-order chi connectivity index (χ0) is 25.5. The fraction of sp³-hybridized carbons (Fsp3) is 0.714. The maximum Gasteiger partial charge on any atom is 0.255 e. The van der Waals surface area contributed by atoms with Gasteiger partial charge in [0, 0.05) is 50.8 Å². The summed E-state index contributed by atoms with van der Waals surface area (Å²) in [5.41, 5.74) is 0.417. The van der Waals surface area contributed by atoms with Crippen molar-refractivity contribution >= 4 is 11.8 Å². The Hall–Kier alpha value is -2.48. The van der Waals surface area contributed by atoms with Gasteiger partial charge in [0.1, 0.15) is 5.75 Å². The monoisotopic (exact) mass is 501 g/mol. The Labute approximate surface area is 215 Å². The van der Waals surface area contributed by atoms with Gasteiger partial charge in [0.05, 0.1) is 26.9 Å². The van der Waals surface area contributed by atoms with E-state index in [4.69, 9.17) is 14.2 Å². The van der Waals surface area contributed by atoms with E-state index in [1.54, 1.807) is 26.4 Å². The molecule has 5 rings (SSSR count). The molecule has 4 fully saturated rings. The first-order valence-corrected chi connectivity index (χ1v) is 13.6. The van der Waals surface area contributed by atoms with Gasteiger partial charge in [0.15, 0.2) is 11.5 Å². The average molecular weight is 502 g/mol. The number of carbonyl (C=O) groups is 2. The third-order valence-electron chi connectivity index (χ3n) is 8.45. The zero-order valence-electron chi connectivity index (χ0n) is 22.1. The molecule has 0 atom stereocenters. The predicted molar refractivity (Wildman–Crippen MR) is 139 cm³/mol. The first-order valence-electron chi connectivity index (χ1n) is 13.6. The van der Waals surface area contributed by atoms with E-state index in [1.807, 2.05) is 0 Å². The predicted octanol–water partition coefficient (Wildman–Crippen LogP) is 3.49. The minimum absolute atomic E-state index is 0.0863. The maximum atomic E-state index is 12.9. The highest BCUT2D eigenvalue weighted by Gasteiger charge is 2.30. The average Bonchev–Trinajstić information content (AvgIpc) is 3.24. The van der Waals surface area contributed by atoms with Crippen molar-refractivity contribution in [2.75, 3.05) is 54.1 Å². The van der Waals surface area contributed by atoms with Gasteiger partial charge in [0.25, 0.3) is 5.91 Å². The molecule has 1 aromatic rings. The molecule has 2 heterocycles. The number of ether oxygens (including phenoxy) is 3.